The van der Waals surface area contributed by atoms with Crippen molar-refractivity contribution in [1.29, 1.82) is 0 Å². The lowest BCUT2D eigenvalue weighted by atomic mass is 10.0. The molecular weight excluding hydrogens is 702 g/mol. The lowest BCUT2D eigenvalue weighted by Gasteiger charge is -2.33. The Hall–Kier alpha value is -0.906. The van der Waals surface area contributed by atoms with Crippen LogP contribution in [0.1, 0.15) is 12.8 Å². The number of hydrogen-bond acceptors (Lipinski definition) is 2. The minimum atomic E-state index is -7.04. The highest BCUT2D eigenvalue weighted by molar-refractivity contribution is 8.00. The summed E-state index contributed by atoms with van der Waals surface area (Å²) < 4.78 is 235. The third-order valence-corrected chi connectivity index (χ3v) is 11.2. The van der Waals surface area contributed by atoms with Crippen molar-refractivity contribution in [2.45, 2.75) is 83.6 Å². The molecule has 0 nitrogen and oxygen atoms in total. The molecule has 0 bridgehead atoms. The van der Waals surface area contributed by atoms with Crippen LogP contribution in [0.25, 0.3) is 0 Å². The number of thioether (sulfide) groups is 2. The fraction of sp³-hybridized carbons (Fsp3) is 0.700. The highest BCUT2D eigenvalue weighted by Gasteiger charge is 2.82. The second-order valence-electron chi connectivity index (χ2n) is 8.67. The molecule has 0 saturated heterocycles. The summed E-state index contributed by atoms with van der Waals surface area (Å²) in [6, 6.07) is 2.55. The molecule has 0 heterocycles. The van der Waals surface area contributed by atoms with Crippen LogP contribution in [0, 0.1) is 0 Å². The molecular formula is C20H20F18S2Si2. The maximum atomic E-state index is 13.8. The molecule has 0 aromatic heterocycles. The molecule has 1 rings (SSSR count). The van der Waals surface area contributed by atoms with Crippen molar-refractivity contribution in [2.24, 2.45) is 0 Å². The Kier molecular flexibility index (Phi) is 12.0. The first-order valence-electron chi connectivity index (χ1n) is 11.4. The molecule has 0 spiro atoms. The molecule has 42 heavy (non-hydrogen) atoms. The molecule has 0 unspecified atom stereocenters. The van der Waals surface area contributed by atoms with Gasteiger partial charge in [-0.15, -0.1) is 23.5 Å². The van der Waals surface area contributed by atoms with Gasteiger partial charge in [-0.2, -0.15) is 79.0 Å². The third-order valence-electron chi connectivity index (χ3n) is 5.77. The zero-order chi connectivity index (χ0) is 33.4. The molecule has 0 radical (unpaired) electrons. The first-order valence-corrected chi connectivity index (χ1v) is 17.6. The minimum absolute atomic E-state index is 0.126. The Morgan fingerprint density at radius 1 is 0.476 bits per heavy atom. The number of alkyl halides is 18. The van der Waals surface area contributed by atoms with Crippen LogP contribution in [-0.2, 0) is 0 Å². The van der Waals surface area contributed by atoms with Crippen molar-refractivity contribution in [2.75, 3.05) is 11.5 Å². The average Bonchev–Trinajstić information content (AvgIpc) is 2.82. The average molecular weight is 723 g/mol. The van der Waals surface area contributed by atoms with E-state index in [2.05, 4.69) is 0 Å². The van der Waals surface area contributed by atoms with Gasteiger partial charge >= 0.3 is 47.9 Å². The molecule has 0 N–H and O–H groups in total. The first kappa shape index (κ1) is 39.1. The van der Waals surface area contributed by atoms with Crippen molar-refractivity contribution in [3.8, 4) is 0 Å². The van der Waals surface area contributed by atoms with Crippen LogP contribution in [0.2, 0.25) is 13.1 Å². The zero-order valence-electron chi connectivity index (χ0n) is 21.0. The second kappa shape index (κ2) is 12.8. The fourth-order valence-electron chi connectivity index (χ4n) is 3.17. The summed E-state index contributed by atoms with van der Waals surface area (Å²) >= 11 is 0.813. The summed E-state index contributed by atoms with van der Waals surface area (Å²) in [5.41, 5.74) is 0. The summed E-state index contributed by atoms with van der Waals surface area (Å²) in [6.45, 7) is 3.16. The Balaban J connectivity index is 3.09. The van der Waals surface area contributed by atoms with Crippen molar-refractivity contribution in [3.05, 3.63) is 12.1 Å². The van der Waals surface area contributed by atoms with Crippen LogP contribution in [0.4, 0.5) is 79.0 Å². The second-order valence-corrected chi connectivity index (χ2v) is 13.9. The van der Waals surface area contributed by atoms with Gasteiger partial charge in [0, 0.05) is 34.1 Å². The summed E-state index contributed by atoms with van der Waals surface area (Å²) in [5, 5.41) is 0.648. The van der Waals surface area contributed by atoms with Crippen molar-refractivity contribution < 1.29 is 79.0 Å². The molecule has 0 aliphatic carbocycles. The molecule has 246 valence electrons. The van der Waals surface area contributed by atoms with Gasteiger partial charge in [0.1, 0.15) is 0 Å². The fourth-order valence-corrected chi connectivity index (χ4v) is 8.76. The Morgan fingerprint density at radius 3 is 0.952 bits per heavy atom. The van der Waals surface area contributed by atoms with E-state index in [0.717, 1.165) is 0 Å². The topological polar surface area (TPSA) is 0 Å². The van der Waals surface area contributed by atoms with Crippen molar-refractivity contribution in [3.63, 3.8) is 0 Å². The van der Waals surface area contributed by atoms with Crippen LogP contribution in [-0.4, -0.2) is 78.4 Å². The van der Waals surface area contributed by atoms with E-state index in [4.69, 9.17) is 0 Å². The number of halogens is 18. The van der Waals surface area contributed by atoms with Gasteiger partial charge in [-0.3, -0.25) is 0 Å². The van der Waals surface area contributed by atoms with Crippen LogP contribution in [0.15, 0.2) is 21.9 Å². The lowest BCUT2D eigenvalue weighted by Crippen LogP contribution is -2.60. The normalized spacial score (nSPS) is 15.5. The van der Waals surface area contributed by atoms with Gasteiger partial charge in [0.2, 0.25) is 0 Å². The molecule has 0 fully saturated rings. The number of hydrogen-bond donors (Lipinski definition) is 0. The monoisotopic (exact) mass is 722 g/mol. The smallest absolute Gasteiger partial charge is 0.200 e. The quantitative estimate of drug-likeness (QED) is 0.113. The summed E-state index contributed by atoms with van der Waals surface area (Å²) in [5.74, 6) is -41.4. The number of rotatable bonds is 14. The Morgan fingerprint density at radius 2 is 0.738 bits per heavy atom. The molecule has 0 aliphatic heterocycles. The Bertz CT molecular complexity index is 985. The Labute approximate surface area is 239 Å². The standard InChI is InChI=1S/C20H20F18S2Si2/c1-41-11-7-10(40-6-4-14(23,24)16(27,28)18(31,32)20(36,37)38)12(42-2)8-9(11)39-5-3-13(21,22)15(25,26)17(29,30)19(33,34)35/h7-8H,3-6,41-42H2,1-2H3. The van der Waals surface area contributed by atoms with Crippen LogP contribution < -0.4 is 10.4 Å². The van der Waals surface area contributed by atoms with E-state index >= 15 is 0 Å². The van der Waals surface area contributed by atoms with Gasteiger partial charge in [-0.1, -0.05) is 23.5 Å². The highest BCUT2D eigenvalue weighted by atomic mass is 32.2. The van der Waals surface area contributed by atoms with Crippen LogP contribution in [0.5, 0.6) is 0 Å². The molecule has 1 aromatic carbocycles. The predicted molar refractivity (Wildman–Crippen MR) is 127 cm³/mol. The molecule has 22 heteroatoms. The van der Waals surface area contributed by atoms with Gasteiger partial charge in [0.05, 0.1) is 19.0 Å². The van der Waals surface area contributed by atoms with E-state index < -0.39 is 91.3 Å². The minimum Gasteiger partial charge on any atom is -0.200 e. The third kappa shape index (κ3) is 7.48. The molecule has 1 aromatic rings. The first-order chi connectivity index (χ1) is 18.6. The highest BCUT2D eigenvalue weighted by Crippen LogP contribution is 2.55. The SMILES string of the molecule is C[SiH2]c1cc(SCCC(F)(F)C(F)(F)C(F)(F)C(F)(F)F)c([SiH2]C)cc1SCCC(F)(F)C(F)(F)C(F)(F)C(F)(F)F. The maximum absolute atomic E-state index is 13.8. The van der Waals surface area contributed by atoms with Crippen LogP contribution >= 0.6 is 23.5 Å². The largest absolute Gasteiger partial charge is 0.460 e. The summed E-state index contributed by atoms with van der Waals surface area (Å²) in [4.78, 5) is 0.252. The van der Waals surface area contributed by atoms with E-state index in [-0.39, 0.29) is 9.79 Å². The molecule has 0 saturated carbocycles. The van der Waals surface area contributed by atoms with Gasteiger partial charge in [0.15, 0.2) is 0 Å². The van der Waals surface area contributed by atoms with Gasteiger partial charge in [-0.25, -0.2) is 0 Å². The molecule has 0 atom stereocenters. The van der Waals surface area contributed by atoms with Crippen LogP contribution in [0.3, 0.4) is 0 Å². The van der Waals surface area contributed by atoms with E-state index in [1.165, 1.54) is 12.1 Å². The van der Waals surface area contributed by atoms with Gasteiger partial charge in [0.25, 0.3) is 0 Å². The van der Waals surface area contributed by atoms with E-state index in [1.54, 1.807) is 13.1 Å². The van der Waals surface area contributed by atoms with E-state index in [9.17, 15) is 79.0 Å². The van der Waals surface area contributed by atoms with E-state index in [1.807, 2.05) is 0 Å². The zero-order valence-corrected chi connectivity index (χ0v) is 25.5. The number of benzene rings is 1. The molecule has 0 aliphatic rings. The predicted octanol–water partition coefficient (Wildman–Crippen LogP) is 7.27. The van der Waals surface area contributed by atoms with Gasteiger partial charge in [-0.05, 0) is 12.1 Å². The lowest BCUT2D eigenvalue weighted by molar-refractivity contribution is -0.396. The molecule has 0 amide bonds. The van der Waals surface area contributed by atoms with Crippen molar-refractivity contribution >= 4 is 52.9 Å². The summed E-state index contributed by atoms with van der Waals surface area (Å²) in [6.07, 6.45) is -18.2. The summed E-state index contributed by atoms with van der Waals surface area (Å²) in [7, 11) is -2.67. The maximum Gasteiger partial charge on any atom is 0.460 e. The van der Waals surface area contributed by atoms with E-state index in [0.29, 0.717) is 33.9 Å². The van der Waals surface area contributed by atoms with Gasteiger partial charge < -0.3 is 0 Å². The van der Waals surface area contributed by atoms with Crippen molar-refractivity contribution in [1.82, 2.24) is 0 Å².